The molecule has 1 rings (SSSR count). The van der Waals surface area contributed by atoms with Gasteiger partial charge in [0.05, 0.1) is 6.33 Å². The van der Waals surface area contributed by atoms with Crippen molar-refractivity contribution in [3.8, 4) is 0 Å². The molecule has 0 fully saturated rings. The summed E-state index contributed by atoms with van der Waals surface area (Å²) in [6.07, 6.45) is 3.58. The van der Waals surface area contributed by atoms with Gasteiger partial charge in [0, 0.05) is 18.3 Å². The molecular formula is C10H14N2O. The molecule has 0 aliphatic heterocycles. The van der Waals surface area contributed by atoms with E-state index in [9.17, 15) is 4.79 Å². The van der Waals surface area contributed by atoms with Crippen molar-refractivity contribution < 1.29 is 0 Å². The largest absolute Gasteiger partial charge is 0.295 e. The van der Waals surface area contributed by atoms with Crippen LogP contribution in [0.3, 0.4) is 0 Å². The molecule has 0 N–H and O–H groups in total. The second-order valence-corrected chi connectivity index (χ2v) is 3.30. The quantitative estimate of drug-likeness (QED) is 0.643. The van der Waals surface area contributed by atoms with Crippen LogP contribution in [0.25, 0.3) is 0 Å². The summed E-state index contributed by atoms with van der Waals surface area (Å²) in [4.78, 5) is 15.4. The molecule has 0 saturated carbocycles. The normalized spacial score (nSPS) is 9.77. The lowest BCUT2D eigenvalue weighted by Crippen LogP contribution is -2.19. The summed E-state index contributed by atoms with van der Waals surface area (Å²) in [5, 5.41) is 0. The van der Waals surface area contributed by atoms with E-state index in [0.717, 1.165) is 5.69 Å². The fourth-order valence-electron chi connectivity index (χ4n) is 0.935. The molecule has 70 valence electrons. The van der Waals surface area contributed by atoms with Crippen molar-refractivity contribution in [2.75, 3.05) is 0 Å². The van der Waals surface area contributed by atoms with E-state index in [-0.39, 0.29) is 5.56 Å². The van der Waals surface area contributed by atoms with E-state index in [1.165, 1.54) is 5.57 Å². The Labute approximate surface area is 77.7 Å². The Hall–Kier alpha value is -1.38. The Balaban J connectivity index is 2.91. The molecule has 0 spiro atoms. The zero-order chi connectivity index (χ0) is 9.84. The van der Waals surface area contributed by atoms with Gasteiger partial charge in [-0.3, -0.25) is 9.36 Å². The van der Waals surface area contributed by atoms with E-state index in [4.69, 9.17) is 0 Å². The van der Waals surface area contributed by atoms with Gasteiger partial charge in [-0.2, -0.15) is 0 Å². The molecule has 3 nitrogen and oxygen atoms in total. The Kier molecular flexibility index (Phi) is 3.01. The van der Waals surface area contributed by atoms with E-state index >= 15 is 0 Å². The van der Waals surface area contributed by atoms with Crippen LogP contribution in [0.15, 0.2) is 28.8 Å². The zero-order valence-corrected chi connectivity index (χ0v) is 8.24. The number of aryl methyl sites for hydroxylation is 1. The van der Waals surface area contributed by atoms with Gasteiger partial charge in [0.2, 0.25) is 0 Å². The lowest BCUT2D eigenvalue weighted by atomic mass is 10.3. The van der Waals surface area contributed by atoms with Crippen LogP contribution in [-0.2, 0) is 6.54 Å². The Morgan fingerprint density at radius 1 is 1.62 bits per heavy atom. The van der Waals surface area contributed by atoms with Crippen LogP contribution >= 0.6 is 0 Å². The first-order valence-electron chi connectivity index (χ1n) is 4.26. The summed E-state index contributed by atoms with van der Waals surface area (Å²) >= 11 is 0. The van der Waals surface area contributed by atoms with E-state index < -0.39 is 0 Å². The van der Waals surface area contributed by atoms with Gasteiger partial charge in [0.15, 0.2) is 0 Å². The average Bonchev–Trinajstić information content (AvgIpc) is 2.02. The van der Waals surface area contributed by atoms with Crippen LogP contribution in [0.1, 0.15) is 19.5 Å². The van der Waals surface area contributed by atoms with Gasteiger partial charge < -0.3 is 0 Å². The van der Waals surface area contributed by atoms with E-state index in [1.807, 2.05) is 26.8 Å². The highest BCUT2D eigenvalue weighted by atomic mass is 16.1. The van der Waals surface area contributed by atoms with E-state index in [1.54, 1.807) is 17.0 Å². The second-order valence-electron chi connectivity index (χ2n) is 3.30. The Bertz CT molecular complexity index is 373. The number of rotatable bonds is 2. The summed E-state index contributed by atoms with van der Waals surface area (Å²) in [6, 6.07) is 1.54. The number of hydrogen-bond acceptors (Lipinski definition) is 2. The van der Waals surface area contributed by atoms with Crippen molar-refractivity contribution in [3.63, 3.8) is 0 Å². The van der Waals surface area contributed by atoms with Crippen LogP contribution in [0, 0.1) is 6.92 Å². The third-order valence-electron chi connectivity index (χ3n) is 1.71. The molecule has 1 heterocycles. The molecule has 0 aromatic carbocycles. The summed E-state index contributed by atoms with van der Waals surface area (Å²) < 4.78 is 1.58. The highest BCUT2D eigenvalue weighted by molar-refractivity contribution is 4.99. The molecule has 0 bridgehead atoms. The van der Waals surface area contributed by atoms with Gasteiger partial charge in [0.1, 0.15) is 0 Å². The first kappa shape index (κ1) is 9.71. The predicted molar refractivity (Wildman–Crippen MR) is 52.7 cm³/mol. The van der Waals surface area contributed by atoms with E-state index in [2.05, 4.69) is 4.98 Å². The van der Waals surface area contributed by atoms with Crippen molar-refractivity contribution in [1.29, 1.82) is 0 Å². The topological polar surface area (TPSA) is 34.9 Å². The summed E-state index contributed by atoms with van der Waals surface area (Å²) in [7, 11) is 0. The van der Waals surface area contributed by atoms with Crippen molar-refractivity contribution in [2.24, 2.45) is 0 Å². The maximum absolute atomic E-state index is 11.3. The predicted octanol–water partition coefficient (Wildman–Crippen LogP) is 1.52. The molecule has 1 aromatic heterocycles. The fourth-order valence-corrected chi connectivity index (χ4v) is 0.935. The molecule has 3 heteroatoms. The van der Waals surface area contributed by atoms with Gasteiger partial charge in [0.25, 0.3) is 5.56 Å². The van der Waals surface area contributed by atoms with Gasteiger partial charge in [-0.15, -0.1) is 0 Å². The molecule has 0 saturated heterocycles. The zero-order valence-electron chi connectivity index (χ0n) is 8.24. The van der Waals surface area contributed by atoms with Crippen LogP contribution in [0.2, 0.25) is 0 Å². The SMILES string of the molecule is CC(C)=CCn1cnc(C)cc1=O. The molecule has 13 heavy (non-hydrogen) atoms. The molecule has 0 atom stereocenters. The number of hydrogen-bond donors (Lipinski definition) is 0. The van der Waals surface area contributed by atoms with Crippen LogP contribution < -0.4 is 5.56 Å². The van der Waals surface area contributed by atoms with Gasteiger partial charge in [-0.1, -0.05) is 11.6 Å². The first-order chi connectivity index (χ1) is 6.09. The van der Waals surface area contributed by atoms with Crippen LogP contribution in [-0.4, -0.2) is 9.55 Å². The van der Waals surface area contributed by atoms with Crippen LogP contribution in [0.4, 0.5) is 0 Å². The van der Waals surface area contributed by atoms with Crippen LogP contribution in [0.5, 0.6) is 0 Å². The molecule has 0 unspecified atom stereocenters. The average molecular weight is 178 g/mol. The second kappa shape index (κ2) is 4.03. The van der Waals surface area contributed by atoms with Gasteiger partial charge in [-0.25, -0.2) is 4.98 Å². The van der Waals surface area contributed by atoms with Gasteiger partial charge in [-0.05, 0) is 20.8 Å². The highest BCUT2D eigenvalue weighted by Crippen LogP contribution is 1.91. The van der Waals surface area contributed by atoms with Gasteiger partial charge >= 0.3 is 0 Å². The lowest BCUT2D eigenvalue weighted by Gasteiger charge is -2.01. The van der Waals surface area contributed by atoms with Crippen molar-refractivity contribution in [3.05, 3.63) is 40.1 Å². The third kappa shape index (κ3) is 2.86. The van der Waals surface area contributed by atoms with E-state index in [0.29, 0.717) is 6.54 Å². The standard InChI is InChI=1S/C10H14N2O/c1-8(2)4-5-12-7-11-9(3)6-10(12)13/h4,6-7H,5H2,1-3H3. The molecule has 1 aromatic rings. The minimum atomic E-state index is 0.00463. The number of allylic oxidation sites excluding steroid dienone is 2. The third-order valence-corrected chi connectivity index (χ3v) is 1.71. The summed E-state index contributed by atoms with van der Waals surface area (Å²) in [5.74, 6) is 0. The molecule has 0 amide bonds. The summed E-state index contributed by atoms with van der Waals surface area (Å²) in [5.41, 5.74) is 1.97. The summed E-state index contributed by atoms with van der Waals surface area (Å²) in [6.45, 7) is 6.43. The maximum Gasteiger partial charge on any atom is 0.253 e. The molecule has 0 aliphatic carbocycles. The van der Waals surface area contributed by atoms with Crippen molar-refractivity contribution in [1.82, 2.24) is 9.55 Å². The molecular weight excluding hydrogens is 164 g/mol. The molecule has 0 radical (unpaired) electrons. The highest BCUT2D eigenvalue weighted by Gasteiger charge is 1.93. The minimum absolute atomic E-state index is 0.00463. The van der Waals surface area contributed by atoms with Crippen molar-refractivity contribution >= 4 is 0 Å². The minimum Gasteiger partial charge on any atom is -0.295 e. The lowest BCUT2D eigenvalue weighted by molar-refractivity contribution is 0.743. The monoisotopic (exact) mass is 178 g/mol. The maximum atomic E-state index is 11.3. The number of nitrogens with zero attached hydrogens (tertiary/aromatic N) is 2. The smallest absolute Gasteiger partial charge is 0.253 e. The van der Waals surface area contributed by atoms with Crippen molar-refractivity contribution in [2.45, 2.75) is 27.3 Å². The molecule has 0 aliphatic rings. The first-order valence-corrected chi connectivity index (χ1v) is 4.26. The Morgan fingerprint density at radius 3 is 2.85 bits per heavy atom. The Morgan fingerprint density at radius 2 is 2.31 bits per heavy atom. The fraction of sp³-hybridized carbons (Fsp3) is 0.400. The number of aromatic nitrogens is 2.